The molecule has 0 amide bonds. The summed E-state index contributed by atoms with van der Waals surface area (Å²) >= 11 is 0. The molecule has 1 aromatic carbocycles. The van der Waals surface area contributed by atoms with Crippen LogP contribution in [0.5, 0.6) is 5.75 Å². The number of nitrogens with one attached hydrogen (secondary N) is 1. The number of aryl methyl sites for hydroxylation is 1. The molecule has 0 atom stereocenters. The molecule has 2 aromatic rings. The molecule has 5 heteroatoms. The minimum atomic E-state index is -0.268. The van der Waals surface area contributed by atoms with E-state index >= 15 is 0 Å². The van der Waals surface area contributed by atoms with Crippen LogP contribution in [0, 0.1) is 12.7 Å². The monoisotopic (exact) mass is 292 g/mol. The molecule has 0 fully saturated rings. The Morgan fingerprint density at radius 1 is 1.29 bits per heavy atom. The summed E-state index contributed by atoms with van der Waals surface area (Å²) in [6.07, 6.45) is 0. The second kappa shape index (κ2) is 6.26. The highest BCUT2D eigenvalue weighted by molar-refractivity contribution is 5.32. The summed E-state index contributed by atoms with van der Waals surface area (Å²) in [5.41, 5.74) is 1.62. The maximum atomic E-state index is 13.0. The first-order valence-corrected chi connectivity index (χ1v) is 6.92. The molecule has 0 aliphatic heterocycles. The van der Waals surface area contributed by atoms with E-state index in [0.29, 0.717) is 18.1 Å². The minimum Gasteiger partial charge on any atom is -0.485 e. The third kappa shape index (κ3) is 4.86. The molecule has 1 aromatic heterocycles. The summed E-state index contributed by atoms with van der Waals surface area (Å²) in [6, 6.07) is 6.29. The highest BCUT2D eigenvalue weighted by Crippen LogP contribution is 2.20. The summed E-state index contributed by atoms with van der Waals surface area (Å²) in [4.78, 5) is 0. The van der Waals surface area contributed by atoms with E-state index in [2.05, 4.69) is 31.2 Å². The van der Waals surface area contributed by atoms with E-state index in [9.17, 15) is 4.39 Å². The average Bonchev–Trinajstić information content (AvgIpc) is 2.82. The maximum Gasteiger partial charge on any atom is 0.174 e. The number of nitrogens with zero attached hydrogens (tertiary/aromatic N) is 1. The van der Waals surface area contributed by atoms with E-state index in [4.69, 9.17) is 9.26 Å². The Morgan fingerprint density at radius 2 is 2.05 bits per heavy atom. The third-order valence-corrected chi connectivity index (χ3v) is 2.91. The Hall–Kier alpha value is -1.88. The molecule has 0 aliphatic rings. The zero-order valence-corrected chi connectivity index (χ0v) is 12.9. The SMILES string of the molecule is Cc1cc(F)ccc1OCc1cc(CNC(C)(C)C)no1. The smallest absolute Gasteiger partial charge is 0.174 e. The molecule has 1 heterocycles. The first-order valence-electron chi connectivity index (χ1n) is 6.92. The van der Waals surface area contributed by atoms with Crippen LogP contribution in [0.3, 0.4) is 0 Å². The predicted octanol–water partition coefficient (Wildman–Crippen LogP) is 3.59. The van der Waals surface area contributed by atoms with Crippen LogP contribution in [0.2, 0.25) is 0 Å². The van der Waals surface area contributed by atoms with Gasteiger partial charge in [-0.05, 0) is 51.5 Å². The Morgan fingerprint density at radius 3 is 2.71 bits per heavy atom. The van der Waals surface area contributed by atoms with Gasteiger partial charge in [0.15, 0.2) is 5.76 Å². The van der Waals surface area contributed by atoms with Crippen LogP contribution in [0.25, 0.3) is 0 Å². The van der Waals surface area contributed by atoms with Gasteiger partial charge in [0.1, 0.15) is 18.2 Å². The molecular formula is C16H21FN2O2. The van der Waals surface area contributed by atoms with Gasteiger partial charge in [-0.15, -0.1) is 0 Å². The van der Waals surface area contributed by atoms with Crippen LogP contribution >= 0.6 is 0 Å². The van der Waals surface area contributed by atoms with Crippen molar-refractivity contribution in [2.24, 2.45) is 0 Å². The normalized spacial score (nSPS) is 11.7. The molecule has 2 rings (SSSR count). The summed E-state index contributed by atoms with van der Waals surface area (Å²) in [7, 11) is 0. The number of halogens is 1. The van der Waals surface area contributed by atoms with E-state index in [1.807, 2.05) is 6.07 Å². The van der Waals surface area contributed by atoms with Crippen LogP contribution < -0.4 is 10.1 Å². The molecule has 1 N–H and O–H groups in total. The van der Waals surface area contributed by atoms with Gasteiger partial charge in [-0.1, -0.05) is 5.16 Å². The Kier molecular flexibility index (Phi) is 4.63. The summed E-state index contributed by atoms with van der Waals surface area (Å²) in [6.45, 7) is 8.99. The van der Waals surface area contributed by atoms with Gasteiger partial charge >= 0.3 is 0 Å². The molecule has 0 saturated heterocycles. The van der Waals surface area contributed by atoms with Crippen molar-refractivity contribution in [2.45, 2.75) is 46.4 Å². The van der Waals surface area contributed by atoms with Crippen molar-refractivity contribution in [3.8, 4) is 5.75 Å². The van der Waals surface area contributed by atoms with E-state index in [0.717, 1.165) is 11.3 Å². The van der Waals surface area contributed by atoms with Crippen molar-refractivity contribution in [1.82, 2.24) is 10.5 Å². The molecule has 0 spiro atoms. The summed E-state index contributed by atoms with van der Waals surface area (Å²) in [5, 5.41) is 7.33. The highest BCUT2D eigenvalue weighted by Gasteiger charge is 2.11. The molecule has 0 unspecified atom stereocenters. The van der Waals surface area contributed by atoms with Crippen molar-refractivity contribution < 1.29 is 13.7 Å². The van der Waals surface area contributed by atoms with Crippen LogP contribution in [-0.4, -0.2) is 10.7 Å². The first kappa shape index (κ1) is 15.5. The van der Waals surface area contributed by atoms with Crippen LogP contribution in [0.1, 0.15) is 37.8 Å². The fourth-order valence-electron chi connectivity index (χ4n) is 1.79. The second-order valence-electron chi connectivity index (χ2n) is 6.09. The Labute approximate surface area is 124 Å². The van der Waals surface area contributed by atoms with Gasteiger partial charge in [0.25, 0.3) is 0 Å². The van der Waals surface area contributed by atoms with Crippen LogP contribution in [0.15, 0.2) is 28.8 Å². The molecule has 4 nitrogen and oxygen atoms in total. The van der Waals surface area contributed by atoms with E-state index in [1.54, 1.807) is 13.0 Å². The summed E-state index contributed by atoms with van der Waals surface area (Å²) < 4.78 is 23.8. The topological polar surface area (TPSA) is 47.3 Å². The lowest BCUT2D eigenvalue weighted by Gasteiger charge is -2.19. The lowest BCUT2D eigenvalue weighted by molar-refractivity contribution is 0.246. The minimum absolute atomic E-state index is 0.0286. The van der Waals surface area contributed by atoms with Crippen molar-refractivity contribution in [3.63, 3.8) is 0 Å². The van der Waals surface area contributed by atoms with Crippen LogP contribution in [0.4, 0.5) is 4.39 Å². The van der Waals surface area contributed by atoms with Gasteiger partial charge < -0.3 is 14.6 Å². The fourth-order valence-corrected chi connectivity index (χ4v) is 1.79. The van der Waals surface area contributed by atoms with E-state index < -0.39 is 0 Å². The quantitative estimate of drug-likeness (QED) is 0.915. The molecule has 21 heavy (non-hydrogen) atoms. The third-order valence-electron chi connectivity index (χ3n) is 2.91. The number of ether oxygens (including phenoxy) is 1. The van der Waals surface area contributed by atoms with Crippen molar-refractivity contribution in [3.05, 3.63) is 47.1 Å². The number of rotatable bonds is 5. The van der Waals surface area contributed by atoms with E-state index in [1.165, 1.54) is 12.1 Å². The molecule has 0 radical (unpaired) electrons. The summed E-state index contributed by atoms with van der Waals surface area (Å²) in [5.74, 6) is 1.02. The Balaban J connectivity index is 1.90. The number of aromatic nitrogens is 1. The molecule has 0 bridgehead atoms. The van der Waals surface area contributed by atoms with Crippen LogP contribution in [-0.2, 0) is 13.2 Å². The number of benzene rings is 1. The van der Waals surface area contributed by atoms with Gasteiger partial charge in [-0.2, -0.15) is 0 Å². The molecule has 0 aliphatic carbocycles. The van der Waals surface area contributed by atoms with Gasteiger partial charge in [-0.3, -0.25) is 0 Å². The maximum absolute atomic E-state index is 13.0. The van der Waals surface area contributed by atoms with Gasteiger partial charge in [0.05, 0.1) is 5.69 Å². The fraction of sp³-hybridized carbons (Fsp3) is 0.438. The zero-order valence-electron chi connectivity index (χ0n) is 12.9. The van der Waals surface area contributed by atoms with Gasteiger partial charge in [0, 0.05) is 18.2 Å². The predicted molar refractivity (Wildman–Crippen MR) is 78.6 cm³/mol. The van der Waals surface area contributed by atoms with Crippen molar-refractivity contribution in [1.29, 1.82) is 0 Å². The highest BCUT2D eigenvalue weighted by atomic mass is 19.1. The Bertz CT molecular complexity index is 603. The van der Waals surface area contributed by atoms with Gasteiger partial charge in [-0.25, -0.2) is 4.39 Å². The molecule has 0 saturated carbocycles. The zero-order chi connectivity index (χ0) is 15.5. The second-order valence-corrected chi connectivity index (χ2v) is 6.09. The molecule has 114 valence electrons. The van der Waals surface area contributed by atoms with Crippen molar-refractivity contribution >= 4 is 0 Å². The van der Waals surface area contributed by atoms with Crippen molar-refractivity contribution in [2.75, 3.05) is 0 Å². The standard InChI is InChI=1S/C16H21FN2O2/c1-11-7-12(17)5-6-15(11)20-10-14-8-13(19-21-14)9-18-16(2,3)4/h5-8,18H,9-10H2,1-4H3. The van der Waals surface area contributed by atoms with E-state index in [-0.39, 0.29) is 18.0 Å². The average molecular weight is 292 g/mol. The first-order chi connectivity index (χ1) is 9.83. The van der Waals surface area contributed by atoms with Gasteiger partial charge in [0.2, 0.25) is 0 Å². The lowest BCUT2D eigenvalue weighted by Crippen LogP contribution is -2.35. The number of hydrogen-bond acceptors (Lipinski definition) is 4. The molecular weight excluding hydrogens is 271 g/mol. The lowest BCUT2D eigenvalue weighted by atomic mass is 10.1. The number of hydrogen-bond donors (Lipinski definition) is 1. The largest absolute Gasteiger partial charge is 0.485 e.